The minimum absolute atomic E-state index is 0.0452. The van der Waals surface area contributed by atoms with Crippen LogP contribution in [0.15, 0.2) is 0 Å². The third-order valence-electron chi connectivity index (χ3n) is 5.18. The van der Waals surface area contributed by atoms with Crippen LogP contribution in [0, 0.1) is 5.41 Å². The number of carbonyl (C=O) groups is 1. The molecule has 2 rings (SSSR count). The van der Waals surface area contributed by atoms with Crippen molar-refractivity contribution in [2.45, 2.75) is 58.0 Å². The maximum atomic E-state index is 11.3. The second-order valence-corrected chi connectivity index (χ2v) is 6.78. The van der Waals surface area contributed by atoms with Crippen molar-refractivity contribution in [2.24, 2.45) is 5.41 Å². The van der Waals surface area contributed by atoms with E-state index in [4.69, 9.17) is 9.47 Å². The van der Waals surface area contributed by atoms with Crippen LogP contribution in [0.2, 0.25) is 0 Å². The van der Waals surface area contributed by atoms with E-state index in [2.05, 4.69) is 18.7 Å². The van der Waals surface area contributed by atoms with Crippen molar-refractivity contribution in [3.05, 3.63) is 0 Å². The molecule has 2 aliphatic rings. The van der Waals surface area contributed by atoms with Crippen molar-refractivity contribution in [1.29, 1.82) is 0 Å². The molecular weight excluding hydrogens is 254 g/mol. The summed E-state index contributed by atoms with van der Waals surface area (Å²) in [7, 11) is 1.46. The third kappa shape index (κ3) is 3.73. The lowest BCUT2D eigenvalue weighted by atomic mass is 9.68. The molecule has 0 radical (unpaired) electrons. The monoisotopic (exact) mass is 283 g/mol. The Balaban J connectivity index is 1.93. The fourth-order valence-corrected chi connectivity index (χ4v) is 3.87. The molecule has 0 aliphatic carbocycles. The predicted octanol–water partition coefficient (Wildman–Crippen LogP) is 2.61. The molecule has 116 valence electrons. The highest BCUT2D eigenvalue weighted by Gasteiger charge is 2.44. The summed E-state index contributed by atoms with van der Waals surface area (Å²) in [4.78, 5) is 13.7. The van der Waals surface area contributed by atoms with Gasteiger partial charge >= 0.3 is 5.97 Å². The van der Waals surface area contributed by atoms with E-state index >= 15 is 0 Å². The van der Waals surface area contributed by atoms with Crippen molar-refractivity contribution < 1.29 is 14.3 Å². The summed E-state index contributed by atoms with van der Waals surface area (Å²) >= 11 is 0. The number of hydrogen-bond acceptors (Lipinski definition) is 4. The Hall–Kier alpha value is -0.610. The van der Waals surface area contributed by atoms with E-state index in [0.29, 0.717) is 11.8 Å². The molecule has 2 fully saturated rings. The van der Waals surface area contributed by atoms with Gasteiger partial charge in [-0.2, -0.15) is 0 Å². The first-order valence-electron chi connectivity index (χ1n) is 7.94. The minimum atomic E-state index is -0.102. The number of esters is 1. The van der Waals surface area contributed by atoms with Gasteiger partial charge in [0, 0.05) is 19.7 Å². The maximum Gasteiger partial charge on any atom is 0.306 e. The van der Waals surface area contributed by atoms with Gasteiger partial charge in [0.05, 0.1) is 19.1 Å². The van der Waals surface area contributed by atoms with Gasteiger partial charge in [0.25, 0.3) is 0 Å². The van der Waals surface area contributed by atoms with E-state index in [-0.39, 0.29) is 11.6 Å². The van der Waals surface area contributed by atoms with Crippen molar-refractivity contribution in [3.8, 4) is 0 Å². The standard InChI is InChI=1S/C16H29NO3/c1-4-15(2)12-16(8-11-20-15)7-5-9-17(13-16)10-6-14(18)19-3/h4-13H2,1-3H3/t15-,16+/m0/s1. The number of carbonyl (C=O) groups excluding carboxylic acids is 1. The second kappa shape index (κ2) is 6.44. The first-order chi connectivity index (χ1) is 9.51. The number of ether oxygens (including phenoxy) is 2. The van der Waals surface area contributed by atoms with Crippen LogP contribution in [0.4, 0.5) is 0 Å². The lowest BCUT2D eigenvalue weighted by Crippen LogP contribution is -2.51. The van der Waals surface area contributed by atoms with Crippen LogP contribution in [0.5, 0.6) is 0 Å². The zero-order chi connectivity index (χ0) is 14.6. The maximum absolute atomic E-state index is 11.3. The van der Waals surface area contributed by atoms with Gasteiger partial charge in [-0.05, 0) is 51.0 Å². The average molecular weight is 283 g/mol. The summed E-state index contributed by atoms with van der Waals surface area (Å²) in [6.45, 7) is 8.41. The highest BCUT2D eigenvalue weighted by molar-refractivity contribution is 5.69. The van der Waals surface area contributed by atoms with Gasteiger partial charge in [0.1, 0.15) is 0 Å². The first kappa shape index (κ1) is 15.8. The highest BCUT2D eigenvalue weighted by Crippen LogP contribution is 2.46. The van der Waals surface area contributed by atoms with Gasteiger partial charge in [0.15, 0.2) is 0 Å². The summed E-state index contributed by atoms with van der Waals surface area (Å²) in [6.07, 6.45) is 6.45. The SMILES string of the molecule is CC[C@@]1(C)C[C@@]2(CCCN(CCC(=O)OC)C2)CCO1. The molecule has 20 heavy (non-hydrogen) atoms. The van der Waals surface area contributed by atoms with Crippen LogP contribution in [0.25, 0.3) is 0 Å². The molecule has 0 bridgehead atoms. The molecular formula is C16H29NO3. The van der Waals surface area contributed by atoms with Gasteiger partial charge in [-0.3, -0.25) is 4.79 Å². The minimum Gasteiger partial charge on any atom is -0.469 e. The lowest BCUT2D eigenvalue weighted by molar-refractivity contribution is -0.143. The van der Waals surface area contributed by atoms with E-state index in [9.17, 15) is 4.79 Å². The smallest absolute Gasteiger partial charge is 0.306 e. The van der Waals surface area contributed by atoms with Crippen LogP contribution in [-0.4, -0.2) is 49.8 Å². The number of piperidine rings is 1. The van der Waals surface area contributed by atoms with Crippen LogP contribution < -0.4 is 0 Å². The number of hydrogen-bond donors (Lipinski definition) is 0. The summed E-state index contributed by atoms with van der Waals surface area (Å²) < 4.78 is 10.7. The zero-order valence-corrected chi connectivity index (χ0v) is 13.2. The fraction of sp³-hybridized carbons (Fsp3) is 0.938. The largest absolute Gasteiger partial charge is 0.469 e. The van der Waals surface area contributed by atoms with Crippen molar-refractivity contribution in [2.75, 3.05) is 33.4 Å². The topological polar surface area (TPSA) is 38.8 Å². The van der Waals surface area contributed by atoms with E-state index < -0.39 is 0 Å². The van der Waals surface area contributed by atoms with Gasteiger partial charge in [-0.15, -0.1) is 0 Å². The van der Waals surface area contributed by atoms with Gasteiger partial charge < -0.3 is 14.4 Å². The van der Waals surface area contributed by atoms with E-state index in [1.165, 1.54) is 20.0 Å². The van der Waals surface area contributed by atoms with Crippen molar-refractivity contribution in [3.63, 3.8) is 0 Å². The highest BCUT2D eigenvalue weighted by atomic mass is 16.5. The Labute approximate surface area is 122 Å². The van der Waals surface area contributed by atoms with Gasteiger partial charge in [-0.1, -0.05) is 6.92 Å². The van der Waals surface area contributed by atoms with Crippen LogP contribution >= 0.6 is 0 Å². The molecule has 0 aromatic carbocycles. The molecule has 2 heterocycles. The number of methoxy groups -OCH3 is 1. The molecule has 0 N–H and O–H groups in total. The van der Waals surface area contributed by atoms with Gasteiger partial charge in [0.2, 0.25) is 0 Å². The molecule has 0 saturated carbocycles. The summed E-state index contributed by atoms with van der Waals surface area (Å²) in [6, 6.07) is 0. The Morgan fingerprint density at radius 2 is 2.20 bits per heavy atom. The normalized spacial score (nSPS) is 35.1. The Kier molecular flexibility index (Phi) is 5.08. The summed E-state index contributed by atoms with van der Waals surface area (Å²) in [5.41, 5.74) is 0.445. The fourth-order valence-electron chi connectivity index (χ4n) is 3.87. The molecule has 2 atom stereocenters. The Morgan fingerprint density at radius 1 is 1.40 bits per heavy atom. The van der Waals surface area contributed by atoms with Gasteiger partial charge in [-0.25, -0.2) is 0 Å². The molecule has 2 saturated heterocycles. The molecule has 0 amide bonds. The predicted molar refractivity (Wildman–Crippen MR) is 78.6 cm³/mol. The van der Waals surface area contributed by atoms with E-state index in [0.717, 1.165) is 45.5 Å². The zero-order valence-electron chi connectivity index (χ0n) is 13.2. The Morgan fingerprint density at radius 3 is 2.90 bits per heavy atom. The average Bonchev–Trinajstić information content (AvgIpc) is 2.45. The molecule has 1 spiro atoms. The first-order valence-corrected chi connectivity index (χ1v) is 7.94. The number of likely N-dealkylation sites (tertiary alicyclic amines) is 1. The second-order valence-electron chi connectivity index (χ2n) is 6.78. The molecule has 0 aromatic rings. The molecule has 2 aliphatic heterocycles. The summed E-state index contributed by atoms with van der Waals surface area (Å²) in [5, 5.41) is 0. The lowest BCUT2D eigenvalue weighted by Gasteiger charge is -2.50. The number of nitrogens with zero attached hydrogens (tertiary/aromatic N) is 1. The van der Waals surface area contributed by atoms with E-state index in [1.807, 2.05) is 0 Å². The quantitative estimate of drug-likeness (QED) is 0.743. The van der Waals surface area contributed by atoms with Crippen LogP contribution in [-0.2, 0) is 14.3 Å². The number of rotatable bonds is 4. The molecule has 4 nitrogen and oxygen atoms in total. The molecule has 4 heteroatoms. The molecule has 0 unspecified atom stereocenters. The van der Waals surface area contributed by atoms with Crippen molar-refractivity contribution >= 4 is 5.97 Å². The molecule has 0 aromatic heterocycles. The Bertz CT molecular complexity index is 343. The third-order valence-corrected chi connectivity index (χ3v) is 5.18. The summed E-state index contributed by atoms with van der Waals surface area (Å²) in [5.74, 6) is -0.102. The van der Waals surface area contributed by atoms with Crippen LogP contribution in [0.1, 0.15) is 52.4 Å². The van der Waals surface area contributed by atoms with Crippen LogP contribution in [0.3, 0.4) is 0 Å². The van der Waals surface area contributed by atoms with Crippen molar-refractivity contribution in [1.82, 2.24) is 4.90 Å². The van der Waals surface area contributed by atoms with E-state index in [1.54, 1.807) is 0 Å².